The van der Waals surface area contributed by atoms with Crippen LogP contribution in [0.4, 0.5) is 11.4 Å². The molecule has 142 valence electrons. The maximum absolute atomic E-state index is 11.3. The Morgan fingerprint density at radius 2 is 1.81 bits per heavy atom. The maximum Gasteiger partial charge on any atom is 0.335 e. The summed E-state index contributed by atoms with van der Waals surface area (Å²) in [5, 5.41) is 24.2. The number of benzene rings is 2. The Kier molecular flexibility index (Phi) is 6.70. The minimum Gasteiger partial charge on any atom is -0.493 e. The minimum atomic E-state index is -1.02. The van der Waals surface area contributed by atoms with Gasteiger partial charge in [0.2, 0.25) is 5.75 Å². The normalized spacial score (nSPS) is 10.6. The van der Waals surface area contributed by atoms with E-state index in [9.17, 15) is 14.9 Å². The maximum atomic E-state index is 11.3. The van der Waals surface area contributed by atoms with Crippen molar-refractivity contribution in [3.8, 4) is 11.5 Å². The van der Waals surface area contributed by atoms with Gasteiger partial charge in [-0.25, -0.2) is 4.79 Å². The molecule has 0 aliphatic carbocycles. The van der Waals surface area contributed by atoms with Crippen LogP contribution in [-0.2, 0) is 0 Å². The lowest BCUT2D eigenvalue weighted by molar-refractivity contribution is -0.385. The first-order valence-electron chi connectivity index (χ1n) is 8.16. The number of carboxylic acids is 1. The van der Waals surface area contributed by atoms with E-state index in [1.807, 2.05) is 0 Å². The van der Waals surface area contributed by atoms with Gasteiger partial charge in [0, 0.05) is 17.7 Å². The molecule has 0 aliphatic rings. The molecule has 0 amide bonds. The number of hydrazone groups is 1. The van der Waals surface area contributed by atoms with Gasteiger partial charge in [0.15, 0.2) is 0 Å². The number of nitro benzene ring substituents is 1. The van der Waals surface area contributed by atoms with Gasteiger partial charge in [-0.3, -0.25) is 15.5 Å². The van der Waals surface area contributed by atoms with Crippen molar-refractivity contribution >= 4 is 23.6 Å². The summed E-state index contributed by atoms with van der Waals surface area (Å²) in [6.45, 7) is 4.19. The molecule has 0 atom stereocenters. The average molecular weight is 373 g/mol. The van der Waals surface area contributed by atoms with Crippen LogP contribution in [0.1, 0.15) is 29.8 Å². The SMILES string of the molecule is CCOc1cc(OCC)c([N+](=O)[O-])cc1C=NNc1ccc(C(=O)O)cc1. The van der Waals surface area contributed by atoms with Crippen molar-refractivity contribution in [2.75, 3.05) is 18.6 Å². The molecule has 2 aromatic rings. The number of rotatable bonds is 9. The minimum absolute atomic E-state index is 0.125. The Morgan fingerprint density at radius 3 is 2.37 bits per heavy atom. The zero-order chi connectivity index (χ0) is 19.8. The lowest BCUT2D eigenvalue weighted by Crippen LogP contribution is -2.03. The van der Waals surface area contributed by atoms with E-state index < -0.39 is 10.9 Å². The summed E-state index contributed by atoms with van der Waals surface area (Å²) in [7, 11) is 0. The predicted molar refractivity (Wildman–Crippen MR) is 100 cm³/mol. The number of carbonyl (C=O) groups is 1. The summed E-state index contributed by atoms with van der Waals surface area (Å²) in [4.78, 5) is 21.6. The fraction of sp³-hybridized carbons (Fsp3) is 0.222. The molecule has 0 heterocycles. The molecule has 0 spiro atoms. The highest BCUT2D eigenvalue weighted by Crippen LogP contribution is 2.34. The monoisotopic (exact) mass is 373 g/mol. The molecule has 0 unspecified atom stereocenters. The van der Waals surface area contributed by atoms with E-state index in [2.05, 4.69) is 10.5 Å². The molecule has 9 nitrogen and oxygen atoms in total. The lowest BCUT2D eigenvalue weighted by atomic mass is 10.1. The summed E-state index contributed by atoms with van der Waals surface area (Å²) in [6.07, 6.45) is 1.39. The van der Waals surface area contributed by atoms with Crippen LogP contribution >= 0.6 is 0 Å². The number of nitrogens with one attached hydrogen (secondary N) is 1. The van der Waals surface area contributed by atoms with Gasteiger partial charge in [0.1, 0.15) is 5.75 Å². The van der Waals surface area contributed by atoms with Crippen molar-refractivity contribution in [1.82, 2.24) is 0 Å². The van der Waals surface area contributed by atoms with Gasteiger partial charge in [-0.2, -0.15) is 5.10 Å². The van der Waals surface area contributed by atoms with Crippen molar-refractivity contribution in [1.29, 1.82) is 0 Å². The van der Waals surface area contributed by atoms with Crippen molar-refractivity contribution in [3.05, 3.63) is 57.6 Å². The third kappa shape index (κ3) is 5.18. The third-order valence-electron chi connectivity index (χ3n) is 3.42. The van der Waals surface area contributed by atoms with Gasteiger partial charge in [-0.15, -0.1) is 0 Å². The van der Waals surface area contributed by atoms with E-state index in [1.54, 1.807) is 26.0 Å². The first-order chi connectivity index (χ1) is 13.0. The fourth-order valence-electron chi connectivity index (χ4n) is 2.22. The van der Waals surface area contributed by atoms with Crippen molar-refractivity contribution < 1.29 is 24.3 Å². The van der Waals surface area contributed by atoms with Crippen LogP contribution in [0.25, 0.3) is 0 Å². The molecular formula is C18H19N3O6. The summed E-state index contributed by atoms with van der Waals surface area (Å²) in [6, 6.07) is 8.79. The highest BCUT2D eigenvalue weighted by Gasteiger charge is 2.19. The van der Waals surface area contributed by atoms with Gasteiger partial charge in [-0.05, 0) is 38.1 Å². The van der Waals surface area contributed by atoms with E-state index in [1.165, 1.54) is 30.5 Å². The number of anilines is 1. The van der Waals surface area contributed by atoms with Crippen molar-refractivity contribution in [3.63, 3.8) is 0 Å². The quantitative estimate of drug-likeness (QED) is 0.391. The summed E-state index contributed by atoms with van der Waals surface area (Å²) < 4.78 is 10.8. The highest BCUT2D eigenvalue weighted by atomic mass is 16.6. The number of hydrogen-bond donors (Lipinski definition) is 2. The highest BCUT2D eigenvalue weighted by molar-refractivity contribution is 5.88. The molecule has 2 rings (SSSR count). The largest absolute Gasteiger partial charge is 0.493 e. The standard InChI is InChI=1S/C18H19N3O6/c1-3-26-16-10-17(27-4-2)15(21(24)25)9-13(16)11-19-20-14-7-5-12(6-8-14)18(22)23/h5-11,20H,3-4H2,1-2H3,(H,22,23). The smallest absolute Gasteiger partial charge is 0.335 e. The average Bonchev–Trinajstić information content (AvgIpc) is 2.64. The van der Waals surface area contributed by atoms with E-state index in [4.69, 9.17) is 14.6 Å². The molecule has 9 heteroatoms. The summed E-state index contributed by atoms with van der Waals surface area (Å²) in [5.74, 6) is -0.494. The van der Waals surface area contributed by atoms with Crippen LogP contribution in [0.2, 0.25) is 0 Å². The van der Waals surface area contributed by atoms with Gasteiger partial charge in [-0.1, -0.05) is 0 Å². The van der Waals surface area contributed by atoms with Crippen LogP contribution in [0.5, 0.6) is 11.5 Å². The Hall–Kier alpha value is -3.62. The molecule has 0 fully saturated rings. The second-order valence-corrected chi connectivity index (χ2v) is 5.23. The van der Waals surface area contributed by atoms with Gasteiger partial charge in [0.25, 0.3) is 0 Å². The first-order valence-corrected chi connectivity index (χ1v) is 8.16. The predicted octanol–water partition coefficient (Wildman–Crippen LogP) is 3.54. The van der Waals surface area contributed by atoms with Crippen molar-refractivity contribution in [2.24, 2.45) is 5.10 Å². The Bertz CT molecular complexity index is 849. The van der Waals surface area contributed by atoms with Crippen LogP contribution in [-0.4, -0.2) is 35.4 Å². The molecule has 2 aromatic carbocycles. The zero-order valence-electron chi connectivity index (χ0n) is 14.8. The third-order valence-corrected chi connectivity index (χ3v) is 3.42. The van der Waals surface area contributed by atoms with Crippen LogP contribution in [0.15, 0.2) is 41.5 Å². The fourth-order valence-corrected chi connectivity index (χ4v) is 2.22. The summed E-state index contributed by atoms with van der Waals surface area (Å²) in [5.41, 5.74) is 3.68. The second-order valence-electron chi connectivity index (χ2n) is 5.23. The van der Waals surface area contributed by atoms with Crippen LogP contribution in [0.3, 0.4) is 0 Å². The molecule has 0 aromatic heterocycles. The number of nitrogens with zero attached hydrogens (tertiary/aromatic N) is 2. The number of nitro groups is 1. The molecule has 2 N–H and O–H groups in total. The second kappa shape index (κ2) is 9.18. The zero-order valence-corrected chi connectivity index (χ0v) is 14.8. The van der Waals surface area contributed by atoms with Gasteiger partial charge in [0.05, 0.1) is 35.6 Å². The molecule has 0 bridgehead atoms. The molecular weight excluding hydrogens is 354 g/mol. The van der Waals surface area contributed by atoms with E-state index in [-0.39, 0.29) is 23.6 Å². The number of ether oxygens (including phenoxy) is 2. The van der Waals surface area contributed by atoms with Crippen LogP contribution in [0, 0.1) is 10.1 Å². The molecule has 0 saturated heterocycles. The summed E-state index contributed by atoms with van der Waals surface area (Å²) >= 11 is 0. The Balaban J connectivity index is 2.26. The number of aromatic carboxylic acids is 1. The van der Waals surface area contributed by atoms with Gasteiger partial charge < -0.3 is 14.6 Å². The topological polar surface area (TPSA) is 123 Å². The van der Waals surface area contributed by atoms with Crippen LogP contribution < -0.4 is 14.9 Å². The molecule has 0 radical (unpaired) electrons. The van der Waals surface area contributed by atoms with Crippen molar-refractivity contribution in [2.45, 2.75) is 13.8 Å². The lowest BCUT2D eigenvalue weighted by Gasteiger charge is -2.11. The van der Waals surface area contributed by atoms with E-state index >= 15 is 0 Å². The first kappa shape index (κ1) is 19.7. The van der Waals surface area contributed by atoms with E-state index in [0.717, 1.165) is 0 Å². The molecule has 0 saturated carbocycles. The molecule has 27 heavy (non-hydrogen) atoms. The molecule has 0 aliphatic heterocycles. The Labute approximate surface area is 155 Å². The Morgan fingerprint density at radius 1 is 1.19 bits per heavy atom. The van der Waals surface area contributed by atoms with E-state index in [0.29, 0.717) is 23.6 Å². The number of hydrogen-bond acceptors (Lipinski definition) is 7. The van der Waals surface area contributed by atoms with Gasteiger partial charge >= 0.3 is 11.7 Å². The number of carboxylic acid groups (broad SMARTS) is 1.